The van der Waals surface area contributed by atoms with Gasteiger partial charge < -0.3 is 11.5 Å². The van der Waals surface area contributed by atoms with Crippen molar-refractivity contribution in [3.05, 3.63) is 0 Å². The van der Waals surface area contributed by atoms with E-state index >= 15 is 0 Å². The lowest BCUT2D eigenvalue weighted by molar-refractivity contribution is 1.12. The van der Waals surface area contributed by atoms with Gasteiger partial charge in [-0.1, -0.05) is 11.2 Å². The Morgan fingerprint density at radius 2 is 1.50 bits per heavy atom. The summed E-state index contributed by atoms with van der Waals surface area (Å²) in [6.45, 7) is 1.40. The van der Waals surface area contributed by atoms with Crippen molar-refractivity contribution in [2.75, 3.05) is 24.6 Å². The van der Waals surface area contributed by atoms with Crippen molar-refractivity contribution in [3.8, 4) is 0 Å². The van der Waals surface area contributed by atoms with Crippen molar-refractivity contribution in [2.45, 2.75) is 0 Å². The van der Waals surface area contributed by atoms with Crippen LogP contribution in [0, 0.1) is 0 Å². The van der Waals surface area contributed by atoms with Gasteiger partial charge in [0.2, 0.25) is 0 Å². The van der Waals surface area contributed by atoms with Crippen LogP contribution in [0.5, 0.6) is 0 Å². The summed E-state index contributed by atoms with van der Waals surface area (Å²) in [6.07, 6.45) is 0. The highest BCUT2D eigenvalue weighted by Gasteiger charge is 1.88. The lowest BCUT2D eigenvalue weighted by Gasteiger charge is -1.97. The van der Waals surface area contributed by atoms with Gasteiger partial charge in [0.15, 0.2) is 0 Å². The lowest BCUT2D eigenvalue weighted by atomic mass is 10.8. The summed E-state index contributed by atoms with van der Waals surface area (Å²) in [5.41, 5.74) is 10.5. The Bertz CT molecular complexity index is 66.4. The fourth-order valence-electron chi connectivity index (χ4n) is 0.365. The smallest absolute Gasteiger partial charge is 0.0103 e. The predicted octanol–water partition coefficient (Wildman–Crippen LogP) is -1.02. The zero-order valence-corrected chi connectivity index (χ0v) is 6.43. The second-order valence-electron chi connectivity index (χ2n) is 1.43. The largest absolute Gasteiger partial charge is 0.330 e. The second-order valence-corrected chi connectivity index (χ2v) is 4.54. The lowest BCUT2D eigenvalue weighted by Crippen LogP contribution is -2.16. The van der Waals surface area contributed by atoms with Gasteiger partial charge in [-0.05, 0) is 0 Å². The fourth-order valence-corrected chi connectivity index (χ4v) is 1.67. The van der Waals surface area contributed by atoms with Gasteiger partial charge in [0.1, 0.15) is 0 Å². The standard InChI is InChI=1S/C4H12N2S2/c5-1-3-8(7)4-2-6/h1-6H2. The van der Waals surface area contributed by atoms with Crippen molar-refractivity contribution in [3.63, 3.8) is 0 Å². The van der Waals surface area contributed by atoms with Crippen LogP contribution in [0.15, 0.2) is 0 Å². The van der Waals surface area contributed by atoms with Gasteiger partial charge in [-0.2, -0.15) is 0 Å². The molecule has 0 bridgehead atoms. The minimum Gasteiger partial charge on any atom is -0.330 e. The molecule has 0 aromatic rings. The molecule has 0 aliphatic heterocycles. The third-order valence-corrected chi connectivity index (χ3v) is 3.07. The maximum Gasteiger partial charge on any atom is 0.0103 e. The van der Waals surface area contributed by atoms with Gasteiger partial charge in [-0.15, -0.1) is 9.45 Å². The van der Waals surface area contributed by atoms with Crippen LogP contribution in [-0.2, 0) is 20.6 Å². The van der Waals surface area contributed by atoms with E-state index in [0.717, 1.165) is 11.5 Å². The van der Waals surface area contributed by atoms with Gasteiger partial charge in [-0.25, -0.2) is 0 Å². The third-order valence-electron chi connectivity index (χ3n) is 0.691. The Morgan fingerprint density at radius 1 is 1.12 bits per heavy atom. The molecule has 0 amide bonds. The van der Waals surface area contributed by atoms with E-state index in [9.17, 15) is 0 Å². The summed E-state index contributed by atoms with van der Waals surface area (Å²) in [6, 6.07) is 0. The van der Waals surface area contributed by atoms with E-state index < -0.39 is 0 Å². The SMILES string of the molecule is NCCS(=S)CCN. The maximum absolute atomic E-state index is 5.26. The van der Waals surface area contributed by atoms with Gasteiger partial charge in [0, 0.05) is 24.6 Å². The summed E-state index contributed by atoms with van der Waals surface area (Å²) in [4.78, 5) is 0. The fraction of sp³-hybridized carbons (Fsp3) is 1.00. The Morgan fingerprint density at radius 3 is 1.75 bits per heavy atom. The molecule has 0 fully saturated rings. The van der Waals surface area contributed by atoms with Gasteiger partial charge in [0.25, 0.3) is 0 Å². The van der Waals surface area contributed by atoms with Crippen LogP contribution < -0.4 is 11.5 Å². The molecule has 0 aliphatic rings. The first-order valence-corrected chi connectivity index (χ1v) is 5.05. The highest BCUT2D eigenvalue weighted by molar-refractivity contribution is 8.28. The molecule has 0 aromatic carbocycles. The van der Waals surface area contributed by atoms with Crippen molar-refractivity contribution >= 4 is 20.6 Å². The highest BCUT2D eigenvalue weighted by Crippen LogP contribution is 1.77. The molecule has 0 spiro atoms. The maximum atomic E-state index is 5.26. The molecule has 0 unspecified atom stereocenters. The van der Waals surface area contributed by atoms with Gasteiger partial charge in [-0.3, -0.25) is 0 Å². The van der Waals surface area contributed by atoms with Crippen molar-refractivity contribution in [1.29, 1.82) is 0 Å². The highest BCUT2D eigenvalue weighted by atomic mass is 32.8. The Balaban J connectivity index is 3.06. The van der Waals surface area contributed by atoms with Crippen molar-refractivity contribution in [2.24, 2.45) is 11.5 Å². The topological polar surface area (TPSA) is 52.0 Å². The molecule has 4 N–H and O–H groups in total. The molecule has 0 atom stereocenters. The molecule has 0 aliphatic carbocycles. The van der Waals surface area contributed by atoms with Crippen LogP contribution in [0.2, 0.25) is 0 Å². The molecule has 0 saturated carbocycles. The first kappa shape index (κ1) is 8.49. The predicted molar refractivity (Wildman–Crippen MR) is 42.6 cm³/mol. The Kier molecular flexibility index (Phi) is 5.97. The summed E-state index contributed by atoms with van der Waals surface area (Å²) in [5, 5.41) is 0. The average molecular weight is 152 g/mol. The molecule has 2 nitrogen and oxygen atoms in total. The Hall–Kier alpha value is 0.490. The van der Waals surface area contributed by atoms with E-state index in [1.807, 2.05) is 0 Å². The van der Waals surface area contributed by atoms with Gasteiger partial charge >= 0.3 is 0 Å². The van der Waals surface area contributed by atoms with Crippen molar-refractivity contribution in [1.82, 2.24) is 0 Å². The van der Waals surface area contributed by atoms with E-state index in [1.165, 1.54) is 0 Å². The number of nitrogens with two attached hydrogens (primary N) is 2. The molecule has 0 aromatic heterocycles. The molecular weight excluding hydrogens is 140 g/mol. The molecular formula is C4H12N2S2. The first-order chi connectivity index (χ1) is 3.81. The van der Waals surface area contributed by atoms with E-state index in [4.69, 9.17) is 22.7 Å². The van der Waals surface area contributed by atoms with Crippen LogP contribution in [-0.4, -0.2) is 24.6 Å². The average Bonchev–Trinajstić information content (AvgIpc) is 1.68. The molecule has 0 saturated heterocycles. The van der Waals surface area contributed by atoms with Gasteiger partial charge in [0.05, 0.1) is 0 Å². The number of rotatable bonds is 4. The van der Waals surface area contributed by atoms with Crippen LogP contribution in [0.1, 0.15) is 0 Å². The zero-order valence-electron chi connectivity index (χ0n) is 4.80. The number of hydrogen-bond donors (Lipinski definition) is 2. The summed E-state index contributed by atoms with van der Waals surface area (Å²) in [5.74, 6) is 1.90. The molecule has 4 heteroatoms. The van der Waals surface area contributed by atoms with E-state index in [0.29, 0.717) is 13.1 Å². The molecule has 0 heterocycles. The molecule has 0 rings (SSSR count). The minimum absolute atomic E-state index is 0.0633. The van der Waals surface area contributed by atoms with Crippen LogP contribution in [0.4, 0.5) is 0 Å². The summed E-state index contributed by atoms with van der Waals surface area (Å²) < 4.78 is 0. The van der Waals surface area contributed by atoms with Crippen LogP contribution in [0.3, 0.4) is 0 Å². The zero-order chi connectivity index (χ0) is 6.41. The minimum atomic E-state index is 0.0633. The van der Waals surface area contributed by atoms with Crippen LogP contribution >= 0.6 is 0 Å². The van der Waals surface area contributed by atoms with E-state index in [-0.39, 0.29) is 9.45 Å². The second kappa shape index (κ2) is 5.62. The molecule has 8 heavy (non-hydrogen) atoms. The Labute approximate surface area is 57.2 Å². The molecule has 50 valence electrons. The van der Waals surface area contributed by atoms with E-state index in [2.05, 4.69) is 0 Å². The normalized spacial score (nSPS) is 10.4. The monoisotopic (exact) mass is 152 g/mol. The van der Waals surface area contributed by atoms with E-state index in [1.54, 1.807) is 0 Å². The first-order valence-electron chi connectivity index (χ1n) is 2.56. The quantitative estimate of drug-likeness (QED) is 0.542. The number of hydrogen-bond acceptors (Lipinski definition) is 3. The third kappa shape index (κ3) is 4.64. The summed E-state index contributed by atoms with van der Waals surface area (Å²) in [7, 11) is 0.0633. The van der Waals surface area contributed by atoms with Crippen LogP contribution in [0.25, 0.3) is 0 Å². The van der Waals surface area contributed by atoms with Crippen molar-refractivity contribution < 1.29 is 0 Å². The summed E-state index contributed by atoms with van der Waals surface area (Å²) >= 11 is 5.00. The molecule has 0 radical (unpaired) electrons.